The summed E-state index contributed by atoms with van der Waals surface area (Å²) < 4.78 is 4.17. The first kappa shape index (κ1) is 11.3. The van der Waals surface area contributed by atoms with E-state index in [4.69, 9.17) is 27.9 Å². The molecule has 0 N–H and O–H groups in total. The summed E-state index contributed by atoms with van der Waals surface area (Å²) in [7, 11) is 0. The summed E-state index contributed by atoms with van der Waals surface area (Å²) in [6.45, 7) is 0. The van der Waals surface area contributed by atoms with Crippen LogP contribution in [0.1, 0.15) is 11.5 Å². The van der Waals surface area contributed by atoms with Gasteiger partial charge in [0.05, 0.1) is 12.0 Å². The molecule has 17 heavy (non-hydrogen) atoms. The van der Waals surface area contributed by atoms with E-state index in [1.165, 1.54) is 0 Å². The summed E-state index contributed by atoms with van der Waals surface area (Å²) >= 11 is 12.2. The zero-order valence-corrected chi connectivity index (χ0v) is 10.4. The van der Waals surface area contributed by atoms with Crippen LogP contribution in [0.2, 0.25) is 0 Å². The van der Waals surface area contributed by atoms with E-state index in [1.54, 1.807) is 6.08 Å². The number of fused-ring (bicyclic) bond motifs is 2. The van der Waals surface area contributed by atoms with E-state index in [9.17, 15) is 4.79 Å². The molecule has 1 saturated heterocycles. The van der Waals surface area contributed by atoms with Crippen LogP contribution in [0.4, 0.5) is 0 Å². The van der Waals surface area contributed by atoms with Gasteiger partial charge in [0.25, 0.3) is 0 Å². The number of halogens is 2. The fraction of sp³-hybridized carbons (Fsp3) is 0.308. The zero-order chi connectivity index (χ0) is 12.0. The molecule has 88 valence electrons. The molecule has 2 aliphatic heterocycles. The van der Waals surface area contributed by atoms with Gasteiger partial charge in [0.15, 0.2) is 5.78 Å². The van der Waals surface area contributed by atoms with E-state index >= 15 is 0 Å². The number of carbonyl (C=O) groups excluding carboxylic acids is 1. The van der Waals surface area contributed by atoms with Crippen molar-refractivity contribution in [2.75, 3.05) is 0 Å². The number of carbonyl (C=O) groups is 1. The lowest BCUT2D eigenvalue weighted by Crippen LogP contribution is -2.49. The van der Waals surface area contributed by atoms with Gasteiger partial charge in [-0.05, 0) is 5.56 Å². The first-order valence-corrected chi connectivity index (χ1v) is 6.17. The molecular weight excluding hydrogens is 259 g/mol. The Bertz CT molecular complexity index is 481. The van der Waals surface area contributed by atoms with Crippen LogP contribution in [-0.4, -0.2) is 22.3 Å². The molecule has 0 aromatic heterocycles. The predicted octanol–water partition coefficient (Wildman–Crippen LogP) is 2.85. The maximum Gasteiger partial charge on any atom is 0.205 e. The maximum absolute atomic E-state index is 12.3. The molecule has 1 fully saturated rings. The van der Waals surface area contributed by atoms with Gasteiger partial charge in [-0.15, -0.1) is 0 Å². The third kappa shape index (κ3) is 1.63. The van der Waals surface area contributed by atoms with Gasteiger partial charge in [-0.2, -0.15) is 0 Å². The van der Waals surface area contributed by atoms with E-state index in [0.717, 1.165) is 5.56 Å². The summed E-state index contributed by atoms with van der Waals surface area (Å²) in [4.78, 5) is 12.3. The van der Waals surface area contributed by atoms with Crippen LogP contribution < -0.4 is 0 Å². The molecule has 0 saturated carbocycles. The molecular formula is C13H10Cl2O2. The van der Waals surface area contributed by atoms with E-state index in [0.29, 0.717) is 0 Å². The Morgan fingerprint density at radius 3 is 2.53 bits per heavy atom. The van der Waals surface area contributed by atoms with Crippen molar-refractivity contribution in [3.8, 4) is 0 Å². The summed E-state index contributed by atoms with van der Waals surface area (Å²) in [6.07, 6.45) is 2.86. The van der Waals surface area contributed by atoms with Gasteiger partial charge in [0.2, 0.25) is 4.33 Å². The Kier molecular flexibility index (Phi) is 2.54. The topological polar surface area (TPSA) is 26.3 Å². The molecule has 4 heteroatoms. The lowest BCUT2D eigenvalue weighted by molar-refractivity contribution is -0.132. The minimum absolute atomic E-state index is 0.182. The summed E-state index contributed by atoms with van der Waals surface area (Å²) in [5.74, 6) is -0.598. The van der Waals surface area contributed by atoms with Crippen molar-refractivity contribution in [1.82, 2.24) is 0 Å². The average molecular weight is 269 g/mol. The van der Waals surface area contributed by atoms with E-state index < -0.39 is 16.4 Å². The van der Waals surface area contributed by atoms with Crippen LogP contribution in [-0.2, 0) is 9.53 Å². The largest absolute Gasteiger partial charge is 0.362 e. The van der Waals surface area contributed by atoms with Gasteiger partial charge in [0.1, 0.15) is 6.10 Å². The van der Waals surface area contributed by atoms with Crippen molar-refractivity contribution in [3.05, 3.63) is 48.0 Å². The van der Waals surface area contributed by atoms with Crippen molar-refractivity contribution in [1.29, 1.82) is 0 Å². The highest BCUT2D eigenvalue weighted by Crippen LogP contribution is 2.46. The predicted molar refractivity (Wildman–Crippen MR) is 66.4 cm³/mol. The maximum atomic E-state index is 12.3. The van der Waals surface area contributed by atoms with Gasteiger partial charge in [0, 0.05) is 0 Å². The number of benzene rings is 1. The number of rotatable bonds is 1. The standard InChI is InChI=1S/C13H10Cl2O2/c14-13(15)10-7-6-9(17-10)11(12(13)16)8-4-2-1-3-5-8/h1-7,9-11H/t9-,10+,11+/m0/s1. The molecule has 3 rings (SSSR count). The van der Waals surface area contributed by atoms with Crippen LogP contribution >= 0.6 is 23.2 Å². The first-order valence-electron chi connectivity index (χ1n) is 5.41. The quantitative estimate of drug-likeness (QED) is 0.579. The number of ether oxygens (including phenoxy) is 1. The Balaban J connectivity index is 2.05. The molecule has 2 bridgehead atoms. The Labute approximate surface area is 109 Å². The van der Waals surface area contributed by atoms with Crippen LogP contribution in [0.3, 0.4) is 0 Å². The van der Waals surface area contributed by atoms with E-state index in [1.807, 2.05) is 36.4 Å². The molecule has 2 nitrogen and oxygen atoms in total. The molecule has 1 aromatic carbocycles. The fourth-order valence-electron chi connectivity index (χ4n) is 2.36. The van der Waals surface area contributed by atoms with Gasteiger partial charge < -0.3 is 4.74 Å². The van der Waals surface area contributed by atoms with Gasteiger partial charge >= 0.3 is 0 Å². The van der Waals surface area contributed by atoms with Crippen LogP contribution in [0.5, 0.6) is 0 Å². The average Bonchev–Trinajstić information content (AvgIpc) is 2.77. The molecule has 3 atom stereocenters. The lowest BCUT2D eigenvalue weighted by Gasteiger charge is -2.36. The smallest absolute Gasteiger partial charge is 0.205 e. The van der Waals surface area contributed by atoms with Crippen LogP contribution in [0.15, 0.2) is 42.5 Å². The minimum atomic E-state index is -1.48. The molecule has 0 radical (unpaired) electrons. The third-order valence-corrected chi connectivity index (χ3v) is 4.04. The molecule has 2 heterocycles. The van der Waals surface area contributed by atoms with Gasteiger partial charge in [-0.1, -0.05) is 65.7 Å². The number of ketones is 1. The highest BCUT2D eigenvalue weighted by molar-refractivity contribution is 6.59. The monoisotopic (exact) mass is 268 g/mol. The molecule has 0 amide bonds. The summed E-state index contributed by atoms with van der Waals surface area (Å²) in [6, 6.07) is 9.46. The summed E-state index contributed by atoms with van der Waals surface area (Å²) in [5, 5.41) is 0. The Hall–Kier alpha value is -0.830. The third-order valence-electron chi connectivity index (χ3n) is 3.23. The Morgan fingerprint density at radius 1 is 1.12 bits per heavy atom. The van der Waals surface area contributed by atoms with E-state index in [2.05, 4.69) is 0 Å². The molecule has 2 aliphatic rings. The van der Waals surface area contributed by atoms with E-state index in [-0.39, 0.29) is 11.9 Å². The Morgan fingerprint density at radius 2 is 1.82 bits per heavy atom. The number of hydrogen-bond acceptors (Lipinski definition) is 2. The SMILES string of the molecule is O=C1[C@H](c2ccccc2)[C@@H]2C=C[C@@H](O2)C1(Cl)Cl. The van der Waals surface area contributed by atoms with Crippen molar-refractivity contribution < 1.29 is 9.53 Å². The lowest BCUT2D eigenvalue weighted by atomic mass is 9.86. The van der Waals surface area contributed by atoms with Crippen molar-refractivity contribution in [2.24, 2.45) is 0 Å². The van der Waals surface area contributed by atoms with Gasteiger partial charge in [-0.25, -0.2) is 0 Å². The van der Waals surface area contributed by atoms with Gasteiger partial charge in [-0.3, -0.25) is 4.79 Å². The second-order valence-electron chi connectivity index (χ2n) is 4.28. The van der Waals surface area contributed by atoms with Crippen LogP contribution in [0, 0.1) is 0 Å². The van der Waals surface area contributed by atoms with Crippen molar-refractivity contribution in [3.63, 3.8) is 0 Å². The molecule has 0 unspecified atom stereocenters. The van der Waals surface area contributed by atoms with Crippen molar-refractivity contribution >= 4 is 29.0 Å². The molecule has 0 aliphatic carbocycles. The highest BCUT2D eigenvalue weighted by atomic mass is 35.5. The molecule has 1 aromatic rings. The molecule has 0 spiro atoms. The normalized spacial score (nSPS) is 34.0. The highest BCUT2D eigenvalue weighted by Gasteiger charge is 2.55. The minimum Gasteiger partial charge on any atom is -0.362 e. The second-order valence-corrected chi connectivity index (χ2v) is 5.67. The van der Waals surface area contributed by atoms with Crippen LogP contribution in [0.25, 0.3) is 0 Å². The first-order chi connectivity index (χ1) is 8.10. The number of alkyl halides is 2. The number of Topliss-reactive ketones (excluding diaryl/α,β-unsaturated/α-hetero) is 1. The van der Waals surface area contributed by atoms with Crippen molar-refractivity contribution in [2.45, 2.75) is 22.5 Å². The number of hydrogen-bond donors (Lipinski definition) is 0. The fourth-order valence-corrected chi connectivity index (χ4v) is 2.85. The second kappa shape index (κ2) is 3.84. The zero-order valence-electron chi connectivity index (χ0n) is 8.85. The summed E-state index contributed by atoms with van der Waals surface area (Å²) in [5.41, 5.74) is 0.887.